The van der Waals surface area contributed by atoms with Crippen molar-refractivity contribution in [2.75, 3.05) is 11.1 Å². The molecule has 3 N–H and O–H groups in total. The van der Waals surface area contributed by atoms with Crippen molar-refractivity contribution in [2.45, 2.75) is 13.3 Å². The molecular formula is C24H19FN4S. The number of nitrogen functional groups attached to an aromatic ring is 1. The second kappa shape index (κ2) is 7.39. The second-order valence-electron chi connectivity index (χ2n) is 7.12. The first-order valence-corrected chi connectivity index (χ1v) is 10.5. The van der Waals surface area contributed by atoms with E-state index in [0.717, 1.165) is 50.0 Å². The number of halogens is 1. The Labute approximate surface area is 177 Å². The van der Waals surface area contributed by atoms with Gasteiger partial charge in [-0.2, -0.15) is 0 Å². The molecule has 30 heavy (non-hydrogen) atoms. The van der Waals surface area contributed by atoms with Gasteiger partial charge in [0.1, 0.15) is 5.82 Å². The number of nitrogens with two attached hydrogens (primary N) is 1. The highest BCUT2D eigenvalue weighted by Gasteiger charge is 2.10. The van der Waals surface area contributed by atoms with Gasteiger partial charge in [0.25, 0.3) is 0 Å². The molecule has 0 bridgehead atoms. The summed E-state index contributed by atoms with van der Waals surface area (Å²) < 4.78 is 15.7. The van der Waals surface area contributed by atoms with Crippen LogP contribution in [-0.2, 0) is 6.42 Å². The molecule has 0 amide bonds. The number of fused-ring (bicyclic) bond motifs is 2. The Morgan fingerprint density at radius 1 is 1.00 bits per heavy atom. The maximum Gasteiger partial charge on any atom is 0.181 e. The van der Waals surface area contributed by atoms with E-state index in [0.29, 0.717) is 10.7 Å². The Morgan fingerprint density at radius 3 is 2.73 bits per heavy atom. The molecular weight excluding hydrogens is 395 g/mol. The van der Waals surface area contributed by atoms with E-state index in [-0.39, 0.29) is 5.82 Å². The minimum absolute atomic E-state index is 0.210. The first-order chi connectivity index (χ1) is 14.6. The third-order valence-corrected chi connectivity index (χ3v) is 6.04. The van der Waals surface area contributed by atoms with Crippen LogP contribution < -0.4 is 11.1 Å². The van der Waals surface area contributed by atoms with Gasteiger partial charge in [-0.05, 0) is 60.0 Å². The Balaban J connectivity index is 1.57. The number of thiazole rings is 1. The van der Waals surface area contributed by atoms with Crippen molar-refractivity contribution >= 4 is 49.0 Å². The molecule has 2 heterocycles. The lowest BCUT2D eigenvalue weighted by atomic mass is 10.00. The lowest BCUT2D eigenvalue weighted by molar-refractivity contribution is 0.629. The number of hydrogen-bond acceptors (Lipinski definition) is 5. The zero-order chi connectivity index (χ0) is 20.7. The van der Waals surface area contributed by atoms with Crippen LogP contribution in [0.2, 0.25) is 0 Å². The molecule has 4 nitrogen and oxygen atoms in total. The van der Waals surface area contributed by atoms with Crippen molar-refractivity contribution in [1.29, 1.82) is 0 Å². The number of anilines is 3. The van der Waals surface area contributed by atoms with E-state index in [1.807, 2.05) is 61.5 Å². The quantitative estimate of drug-likeness (QED) is 0.350. The van der Waals surface area contributed by atoms with Crippen LogP contribution in [0.3, 0.4) is 0 Å². The first-order valence-electron chi connectivity index (χ1n) is 9.71. The highest BCUT2D eigenvalue weighted by Crippen LogP contribution is 2.33. The van der Waals surface area contributed by atoms with Gasteiger partial charge in [0.15, 0.2) is 5.13 Å². The van der Waals surface area contributed by atoms with Gasteiger partial charge >= 0.3 is 0 Å². The largest absolute Gasteiger partial charge is 0.375 e. The van der Waals surface area contributed by atoms with E-state index in [1.54, 1.807) is 12.3 Å². The molecule has 0 saturated carbocycles. The number of nitrogens with one attached hydrogen (secondary N) is 1. The normalized spacial score (nSPS) is 11.3. The fraction of sp³-hybridized carbons (Fsp3) is 0.0833. The van der Waals surface area contributed by atoms with Gasteiger partial charge in [0, 0.05) is 28.5 Å². The lowest BCUT2D eigenvalue weighted by Gasteiger charge is -2.12. The zero-order valence-corrected chi connectivity index (χ0v) is 17.1. The molecule has 0 atom stereocenters. The smallest absolute Gasteiger partial charge is 0.181 e. The Hall–Kier alpha value is -3.51. The average molecular weight is 415 g/mol. The maximum absolute atomic E-state index is 14.7. The number of aryl methyl sites for hydroxylation is 1. The van der Waals surface area contributed by atoms with Crippen molar-refractivity contribution in [2.24, 2.45) is 0 Å². The minimum Gasteiger partial charge on any atom is -0.375 e. The molecule has 3 aromatic carbocycles. The van der Waals surface area contributed by atoms with Gasteiger partial charge in [-0.15, -0.1) is 0 Å². The number of rotatable bonds is 4. The number of hydrogen-bond donors (Lipinski definition) is 2. The molecule has 0 aliphatic heterocycles. The number of aromatic nitrogens is 2. The molecule has 0 aliphatic carbocycles. The lowest BCUT2D eigenvalue weighted by Crippen LogP contribution is -1.94. The third-order valence-electron chi connectivity index (χ3n) is 5.18. The second-order valence-corrected chi connectivity index (χ2v) is 8.18. The maximum atomic E-state index is 14.7. The third kappa shape index (κ3) is 3.35. The molecule has 5 rings (SSSR count). The average Bonchev–Trinajstić information content (AvgIpc) is 3.13. The van der Waals surface area contributed by atoms with Crippen molar-refractivity contribution in [3.05, 3.63) is 78.2 Å². The van der Waals surface area contributed by atoms with E-state index in [4.69, 9.17) is 5.73 Å². The van der Waals surface area contributed by atoms with Crippen LogP contribution in [0, 0.1) is 5.82 Å². The van der Waals surface area contributed by atoms with Gasteiger partial charge in [-0.1, -0.05) is 36.5 Å². The topological polar surface area (TPSA) is 63.8 Å². The molecule has 0 aliphatic rings. The van der Waals surface area contributed by atoms with Crippen LogP contribution in [-0.4, -0.2) is 9.97 Å². The predicted molar refractivity (Wildman–Crippen MR) is 124 cm³/mol. The molecule has 0 saturated heterocycles. The van der Waals surface area contributed by atoms with Crippen LogP contribution >= 0.6 is 11.3 Å². The molecule has 2 aromatic heterocycles. The van der Waals surface area contributed by atoms with Crippen LogP contribution in [0.1, 0.15) is 12.5 Å². The number of nitrogens with zero attached hydrogens (tertiary/aromatic N) is 2. The van der Waals surface area contributed by atoms with Crippen LogP contribution in [0.25, 0.3) is 32.2 Å². The summed E-state index contributed by atoms with van der Waals surface area (Å²) in [6.07, 6.45) is 2.57. The van der Waals surface area contributed by atoms with E-state index in [2.05, 4.69) is 15.3 Å². The Morgan fingerprint density at radius 2 is 1.90 bits per heavy atom. The minimum atomic E-state index is -0.210. The summed E-state index contributed by atoms with van der Waals surface area (Å²) in [6.45, 7) is 2.02. The van der Waals surface area contributed by atoms with Crippen LogP contribution in [0.4, 0.5) is 20.9 Å². The number of benzene rings is 3. The summed E-state index contributed by atoms with van der Waals surface area (Å²) in [5.74, 6) is -0.210. The summed E-state index contributed by atoms with van der Waals surface area (Å²) in [5.41, 5.74) is 11.7. The fourth-order valence-corrected chi connectivity index (χ4v) is 4.33. The summed E-state index contributed by atoms with van der Waals surface area (Å²) in [5, 5.41) is 4.93. The summed E-state index contributed by atoms with van der Waals surface area (Å²) in [6, 6.07) is 19.1. The SMILES string of the molecule is CCc1ccc(-c2ccc3nccc(Nc4ccc5sc(N)nc5c4)c3c2)c(F)c1. The monoisotopic (exact) mass is 414 g/mol. The summed E-state index contributed by atoms with van der Waals surface area (Å²) >= 11 is 1.47. The van der Waals surface area contributed by atoms with E-state index in [1.165, 1.54) is 11.3 Å². The van der Waals surface area contributed by atoms with Gasteiger partial charge in [-0.25, -0.2) is 9.37 Å². The summed E-state index contributed by atoms with van der Waals surface area (Å²) in [7, 11) is 0. The Bertz CT molecular complexity index is 1390. The van der Waals surface area contributed by atoms with E-state index in [9.17, 15) is 4.39 Å². The molecule has 0 radical (unpaired) electrons. The van der Waals surface area contributed by atoms with Gasteiger partial charge < -0.3 is 11.1 Å². The van der Waals surface area contributed by atoms with E-state index >= 15 is 0 Å². The van der Waals surface area contributed by atoms with Crippen molar-refractivity contribution in [3.8, 4) is 11.1 Å². The van der Waals surface area contributed by atoms with Crippen LogP contribution in [0.15, 0.2) is 66.9 Å². The fourth-order valence-electron chi connectivity index (χ4n) is 3.61. The molecule has 148 valence electrons. The highest BCUT2D eigenvalue weighted by molar-refractivity contribution is 7.22. The van der Waals surface area contributed by atoms with Crippen molar-refractivity contribution in [3.63, 3.8) is 0 Å². The molecule has 0 unspecified atom stereocenters. The molecule has 0 spiro atoms. The van der Waals surface area contributed by atoms with Crippen molar-refractivity contribution in [1.82, 2.24) is 9.97 Å². The van der Waals surface area contributed by atoms with Crippen LogP contribution in [0.5, 0.6) is 0 Å². The first kappa shape index (κ1) is 18.5. The standard InChI is InChI=1S/C24H19FN4S/c1-2-14-3-6-17(19(25)11-14)15-4-7-20-18(12-15)21(9-10-27-20)28-16-5-8-23-22(13-16)29-24(26)30-23/h3-13H,2H2,1H3,(H2,26,29)(H,27,28). The predicted octanol–water partition coefficient (Wildman–Crippen LogP) is 6.54. The Kier molecular flexibility index (Phi) is 4.56. The molecule has 6 heteroatoms. The zero-order valence-electron chi connectivity index (χ0n) is 16.3. The molecule has 5 aromatic rings. The number of pyridine rings is 1. The highest BCUT2D eigenvalue weighted by atomic mass is 32.1. The summed E-state index contributed by atoms with van der Waals surface area (Å²) in [4.78, 5) is 8.82. The van der Waals surface area contributed by atoms with Gasteiger partial charge in [0.2, 0.25) is 0 Å². The van der Waals surface area contributed by atoms with E-state index < -0.39 is 0 Å². The van der Waals surface area contributed by atoms with Gasteiger partial charge in [0.05, 0.1) is 15.7 Å². The van der Waals surface area contributed by atoms with Gasteiger partial charge in [-0.3, -0.25) is 4.98 Å². The van der Waals surface area contributed by atoms with Crippen molar-refractivity contribution < 1.29 is 4.39 Å². The molecule has 0 fully saturated rings.